The van der Waals surface area contributed by atoms with E-state index in [1.165, 1.54) is 11.7 Å². The number of nitrogens with zero attached hydrogens (tertiary/aromatic N) is 1. The third-order valence-corrected chi connectivity index (χ3v) is 5.44. The smallest absolute Gasteiger partial charge is 0.318 e. The van der Waals surface area contributed by atoms with Crippen molar-refractivity contribution in [1.29, 1.82) is 0 Å². The molecule has 4 rings (SSSR count). The van der Waals surface area contributed by atoms with Crippen LogP contribution in [0.3, 0.4) is 0 Å². The number of esters is 2. The fourth-order valence-corrected chi connectivity index (χ4v) is 4.25. The van der Waals surface area contributed by atoms with Gasteiger partial charge in [0.05, 0.1) is 19.2 Å². The quantitative estimate of drug-likeness (QED) is 0.503. The van der Waals surface area contributed by atoms with Crippen LogP contribution in [0.1, 0.15) is 34.8 Å². The van der Waals surface area contributed by atoms with Gasteiger partial charge in [-0.25, -0.2) is 0 Å². The van der Waals surface area contributed by atoms with E-state index < -0.39 is 35.6 Å². The Kier molecular flexibility index (Phi) is 4.92. The van der Waals surface area contributed by atoms with Gasteiger partial charge in [-0.1, -0.05) is 48.5 Å². The van der Waals surface area contributed by atoms with Gasteiger partial charge in [-0.15, -0.1) is 0 Å². The van der Waals surface area contributed by atoms with E-state index in [9.17, 15) is 14.4 Å². The van der Waals surface area contributed by atoms with Gasteiger partial charge < -0.3 is 9.47 Å². The summed E-state index contributed by atoms with van der Waals surface area (Å²) in [6, 6.07) is 18.3. The van der Waals surface area contributed by atoms with Crippen LogP contribution in [0.2, 0.25) is 0 Å². The molecule has 6 heteroatoms. The number of hydrogen-bond donors (Lipinski definition) is 0. The van der Waals surface area contributed by atoms with Crippen molar-refractivity contribution in [2.24, 2.45) is 5.92 Å². The first-order valence-corrected chi connectivity index (χ1v) is 9.52. The van der Waals surface area contributed by atoms with Crippen molar-refractivity contribution >= 4 is 28.7 Å². The molecule has 0 radical (unpaired) electrons. The largest absolute Gasteiger partial charge is 0.468 e. The van der Waals surface area contributed by atoms with Crippen molar-refractivity contribution in [3.63, 3.8) is 0 Å². The maximum absolute atomic E-state index is 13.5. The van der Waals surface area contributed by atoms with E-state index in [1.807, 2.05) is 54.6 Å². The van der Waals surface area contributed by atoms with Crippen LogP contribution < -0.4 is 0 Å². The molecule has 2 aromatic carbocycles. The fourth-order valence-electron chi connectivity index (χ4n) is 4.25. The Balaban J connectivity index is 2.02. The molecule has 3 atom stereocenters. The van der Waals surface area contributed by atoms with Crippen molar-refractivity contribution in [3.05, 3.63) is 71.9 Å². The summed E-state index contributed by atoms with van der Waals surface area (Å²) in [5.74, 6) is -4.21. The van der Waals surface area contributed by atoms with E-state index >= 15 is 0 Å². The van der Waals surface area contributed by atoms with Crippen LogP contribution >= 0.6 is 0 Å². The van der Waals surface area contributed by atoms with Crippen LogP contribution in [-0.2, 0) is 19.1 Å². The lowest BCUT2D eigenvalue weighted by Crippen LogP contribution is -2.45. The third-order valence-electron chi connectivity index (χ3n) is 5.44. The number of carbonyl (C=O) groups excluding carboxylic acids is 3. The monoisotopic (exact) mass is 391 g/mol. The highest BCUT2D eigenvalue weighted by molar-refractivity contribution is 6.07. The van der Waals surface area contributed by atoms with Crippen LogP contribution in [0.25, 0.3) is 10.9 Å². The van der Waals surface area contributed by atoms with Gasteiger partial charge in [0.2, 0.25) is 5.91 Å². The molecule has 0 saturated carbocycles. The summed E-state index contributed by atoms with van der Waals surface area (Å²) in [6.45, 7) is 1.94. The van der Waals surface area contributed by atoms with Crippen molar-refractivity contribution in [2.45, 2.75) is 18.8 Å². The molecule has 0 aliphatic carbocycles. The molecule has 0 fully saturated rings. The predicted octanol–water partition coefficient (Wildman–Crippen LogP) is 3.51. The minimum absolute atomic E-state index is 0.202. The molecule has 29 heavy (non-hydrogen) atoms. The van der Waals surface area contributed by atoms with Crippen molar-refractivity contribution < 1.29 is 23.9 Å². The van der Waals surface area contributed by atoms with Crippen LogP contribution in [0.5, 0.6) is 0 Å². The van der Waals surface area contributed by atoms with Gasteiger partial charge >= 0.3 is 11.9 Å². The molecule has 0 amide bonds. The number of benzene rings is 2. The number of fused-ring (bicyclic) bond motifs is 3. The SMILES string of the molecule is CCOC(=O)[C@H]1c2cc3ccccc3n2C(=O)[C@@H](C(=O)OC)[C@@H]1c1ccccc1. The zero-order valence-corrected chi connectivity index (χ0v) is 16.2. The normalized spacial score (nSPS) is 20.9. The topological polar surface area (TPSA) is 74.6 Å². The van der Waals surface area contributed by atoms with Crippen LogP contribution in [0, 0.1) is 5.92 Å². The summed E-state index contributed by atoms with van der Waals surface area (Å²) in [4.78, 5) is 39.3. The standard InChI is InChI=1S/C23H21NO5/c1-3-29-23(27)19-17-13-15-11-7-8-12-16(15)24(17)21(25)20(22(26)28-2)18(19)14-9-5-4-6-10-14/h4-13,18-20H,3H2,1-2H3/t18-,19+,20+/m1/s1. The number of rotatable bonds is 4. The van der Waals surface area contributed by atoms with Crippen molar-refractivity contribution in [1.82, 2.24) is 4.57 Å². The highest BCUT2D eigenvalue weighted by atomic mass is 16.5. The molecule has 1 aliphatic rings. The molecule has 1 aromatic heterocycles. The van der Waals surface area contributed by atoms with Gasteiger partial charge in [-0.2, -0.15) is 0 Å². The number of aromatic nitrogens is 1. The highest BCUT2D eigenvalue weighted by Gasteiger charge is 2.51. The first-order chi connectivity index (χ1) is 14.1. The highest BCUT2D eigenvalue weighted by Crippen LogP contribution is 2.46. The molecule has 1 aliphatic heterocycles. The zero-order valence-electron chi connectivity index (χ0n) is 16.2. The second-order valence-electron chi connectivity index (χ2n) is 6.97. The average Bonchev–Trinajstić information content (AvgIpc) is 3.13. The molecule has 0 bridgehead atoms. The summed E-state index contributed by atoms with van der Waals surface area (Å²) >= 11 is 0. The summed E-state index contributed by atoms with van der Waals surface area (Å²) in [5, 5.41) is 0.822. The number of methoxy groups -OCH3 is 1. The molecule has 0 saturated heterocycles. The number of para-hydroxylation sites is 1. The molecular formula is C23H21NO5. The van der Waals surface area contributed by atoms with Gasteiger partial charge in [0.25, 0.3) is 0 Å². The average molecular weight is 391 g/mol. The maximum atomic E-state index is 13.5. The molecule has 6 nitrogen and oxygen atoms in total. The van der Waals surface area contributed by atoms with Gasteiger partial charge in [0.1, 0.15) is 11.8 Å². The molecule has 3 aromatic rings. The van der Waals surface area contributed by atoms with Crippen molar-refractivity contribution in [3.8, 4) is 0 Å². The molecule has 148 valence electrons. The van der Waals surface area contributed by atoms with Crippen molar-refractivity contribution in [2.75, 3.05) is 13.7 Å². The number of carbonyl (C=O) groups is 3. The molecule has 0 spiro atoms. The predicted molar refractivity (Wildman–Crippen MR) is 107 cm³/mol. The van der Waals surface area contributed by atoms with Gasteiger partial charge in [-0.05, 0) is 24.6 Å². The van der Waals surface area contributed by atoms with E-state index in [0.717, 1.165) is 5.39 Å². The van der Waals surface area contributed by atoms with E-state index in [1.54, 1.807) is 13.0 Å². The van der Waals surface area contributed by atoms with E-state index in [0.29, 0.717) is 16.8 Å². The first-order valence-electron chi connectivity index (χ1n) is 9.52. The van der Waals surface area contributed by atoms with E-state index in [-0.39, 0.29) is 6.61 Å². The maximum Gasteiger partial charge on any atom is 0.318 e. The summed E-state index contributed by atoms with van der Waals surface area (Å²) < 4.78 is 11.8. The molecule has 0 unspecified atom stereocenters. The Hall–Kier alpha value is -3.41. The summed E-state index contributed by atoms with van der Waals surface area (Å²) in [6.07, 6.45) is 0. The Morgan fingerprint density at radius 2 is 1.66 bits per heavy atom. The second kappa shape index (κ2) is 7.54. The zero-order chi connectivity index (χ0) is 20.5. The minimum Gasteiger partial charge on any atom is -0.468 e. The molecule has 0 N–H and O–H groups in total. The van der Waals surface area contributed by atoms with Gasteiger partial charge in [0.15, 0.2) is 0 Å². The summed E-state index contributed by atoms with van der Waals surface area (Å²) in [5.41, 5.74) is 1.90. The fraction of sp³-hybridized carbons (Fsp3) is 0.261. The number of hydrogen-bond acceptors (Lipinski definition) is 5. The summed E-state index contributed by atoms with van der Waals surface area (Å²) in [7, 11) is 1.25. The Morgan fingerprint density at radius 1 is 0.966 bits per heavy atom. The lowest BCUT2D eigenvalue weighted by atomic mass is 9.72. The Bertz CT molecular complexity index is 1090. The molecule has 2 heterocycles. The Labute approximate surface area is 168 Å². The lowest BCUT2D eigenvalue weighted by molar-refractivity contribution is -0.149. The lowest BCUT2D eigenvalue weighted by Gasteiger charge is -2.36. The van der Waals surface area contributed by atoms with Crippen LogP contribution in [0.15, 0.2) is 60.7 Å². The number of ether oxygens (including phenoxy) is 2. The van der Waals surface area contributed by atoms with E-state index in [2.05, 4.69) is 0 Å². The second-order valence-corrected chi connectivity index (χ2v) is 6.97. The van der Waals surface area contributed by atoms with Gasteiger partial charge in [-0.3, -0.25) is 19.0 Å². The Morgan fingerprint density at radius 3 is 2.34 bits per heavy atom. The van der Waals surface area contributed by atoms with Crippen LogP contribution in [-0.4, -0.2) is 36.1 Å². The first kappa shape index (κ1) is 18.9. The van der Waals surface area contributed by atoms with E-state index in [4.69, 9.17) is 9.47 Å². The van der Waals surface area contributed by atoms with Crippen LogP contribution in [0.4, 0.5) is 0 Å². The van der Waals surface area contributed by atoms with Gasteiger partial charge in [0, 0.05) is 17.0 Å². The third kappa shape index (κ3) is 3.01. The minimum atomic E-state index is -1.15. The molecular weight excluding hydrogens is 370 g/mol.